The van der Waals surface area contributed by atoms with E-state index in [4.69, 9.17) is 4.74 Å². The first kappa shape index (κ1) is 16.0. The number of aryl methyl sites for hydroxylation is 1. The predicted molar refractivity (Wildman–Crippen MR) is 82.2 cm³/mol. The van der Waals surface area contributed by atoms with E-state index in [-0.39, 0.29) is 12.0 Å². The van der Waals surface area contributed by atoms with Gasteiger partial charge in [0.15, 0.2) is 0 Å². The van der Waals surface area contributed by atoms with Crippen LogP contribution in [0.1, 0.15) is 51.6 Å². The van der Waals surface area contributed by atoms with Crippen molar-refractivity contribution in [3.63, 3.8) is 0 Å². The van der Waals surface area contributed by atoms with E-state index in [1.54, 1.807) is 0 Å². The summed E-state index contributed by atoms with van der Waals surface area (Å²) in [5.41, 5.74) is 1.32. The van der Waals surface area contributed by atoms with Crippen molar-refractivity contribution in [2.45, 2.75) is 58.6 Å². The first-order valence-electron chi connectivity index (χ1n) is 8.09. The monoisotopic (exact) mass is 293 g/mol. The smallest absolute Gasteiger partial charge is 0.251 e. The van der Waals surface area contributed by atoms with E-state index in [2.05, 4.69) is 22.8 Å². The van der Waals surface area contributed by atoms with E-state index in [0.717, 1.165) is 38.9 Å². The van der Waals surface area contributed by atoms with Gasteiger partial charge in [-0.3, -0.25) is 9.48 Å². The minimum Gasteiger partial charge on any atom is -0.369 e. The third-order valence-corrected chi connectivity index (χ3v) is 4.17. The Morgan fingerprint density at radius 3 is 2.76 bits per heavy atom. The van der Waals surface area contributed by atoms with Crippen LogP contribution in [0, 0.1) is 0 Å². The number of hydrogen-bond acceptors (Lipinski definition) is 3. The second kappa shape index (κ2) is 7.59. The Hall–Kier alpha value is -1.36. The maximum absolute atomic E-state index is 12.2. The van der Waals surface area contributed by atoms with Crippen molar-refractivity contribution in [1.82, 2.24) is 14.7 Å². The fraction of sp³-hybridized carbons (Fsp3) is 0.750. The van der Waals surface area contributed by atoms with Crippen molar-refractivity contribution in [2.75, 3.05) is 19.7 Å². The highest BCUT2D eigenvalue weighted by Gasteiger charge is 2.28. The van der Waals surface area contributed by atoms with Crippen LogP contribution in [0.3, 0.4) is 0 Å². The number of likely N-dealkylation sites (tertiary alicyclic amines) is 1. The van der Waals surface area contributed by atoms with Crippen LogP contribution in [0.5, 0.6) is 0 Å². The van der Waals surface area contributed by atoms with Crippen LogP contribution in [0.4, 0.5) is 0 Å². The molecule has 0 spiro atoms. The first-order valence-corrected chi connectivity index (χ1v) is 8.09. The summed E-state index contributed by atoms with van der Waals surface area (Å²) in [5.74, 6) is 0.642. The van der Waals surface area contributed by atoms with Crippen molar-refractivity contribution in [3.05, 3.63) is 18.0 Å². The highest BCUT2D eigenvalue weighted by Crippen LogP contribution is 2.28. The molecular weight excluding hydrogens is 266 g/mol. The summed E-state index contributed by atoms with van der Waals surface area (Å²) in [6.45, 7) is 9.12. The molecule has 1 aromatic heterocycles. The van der Waals surface area contributed by atoms with Gasteiger partial charge in [-0.1, -0.05) is 6.92 Å². The molecule has 5 heteroatoms. The summed E-state index contributed by atoms with van der Waals surface area (Å²) >= 11 is 0. The molecule has 1 aromatic rings. The van der Waals surface area contributed by atoms with Gasteiger partial charge in [-0.05, 0) is 39.2 Å². The Labute approximate surface area is 127 Å². The fourth-order valence-electron chi connectivity index (χ4n) is 3.06. The van der Waals surface area contributed by atoms with Gasteiger partial charge in [0.25, 0.3) is 5.91 Å². The summed E-state index contributed by atoms with van der Waals surface area (Å²) < 4.78 is 7.52. The normalized spacial score (nSPS) is 18.0. The molecule has 1 aliphatic rings. The SMILES string of the molecule is CCCn1nccc1C1CCN(C(=O)C(C)OCC)CC1. The van der Waals surface area contributed by atoms with E-state index in [1.165, 1.54) is 5.69 Å². The summed E-state index contributed by atoms with van der Waals surface area (Å²) in [6, 6.07) is 2.13. The van der Waals surface area contributed by atoms with Crippen LogP contribution in [-0.2, 0) is 16.1 Å². The number of carbonyl (C=O) groups excluding carboxylic acids is 1. The maximum atomic E-state index is 12.2. The van der Waals surface area contributed by atoms with Gasteiger partial charge in [-0.15, -0.1) is 0 Å². The quantitative estimate of drug-likeness (QED) is 0.809. The number of aromatic nitrogens is 2. The number of hydrogen-bond donors (Lipinski definition) is 0. The molecule has 0 aromatic carbocycles. The van der Waals surface area contributed by atoms with Gasteiger partial charge in [-0.25, -0.2) is 0 Å². The largest absolute Gasteiger partial charge is 0.369 e. The average Bonchev–Trinajstić information content (AvgIpc) is 2.95. The lowest BCUT2D eigenvalue weighted by Gasteiger charge is -2.33. The number of piperidine rings is 1. The van der Waals surface area contributed by atoms with Gasteiger partial charge in [0.05, 0.1) is 0 Å². The van der Waals surface area contributed by atoms with Gasteiger partial charge < -0.3 is 9.64 Å². The first-order chi connectivity index (χ1) is 10.2. The molecule has 0 radical (unpaired) electrons. The average molecular weight is 293 g/mol. The lowest BCUT2D eigenvalue weighted by atomic mass is 9.93. The molecule has 2 heterocycles. The standard InChI is InChI=1S/C16H27N3O2/c1-4-10-19-15(6-9-17-19)14-7-11-18(12-8-14)16(20)13(3)21-5-2/h6,9,13-14H,4-5,7-8,10-12H2,1-3H3. The minimum absolute atomic E-state index is 0.123. The van der Waals surface area contributed by atoms with Crippen molar-refractivity contribution >= 4 is 5.91 Å². The Kier molecular flexibility index (Phi) is 5.79. The van der Waals surface area contributed by atoms with Crippen molar-refractivity contribution in [2.24, 2.45) is 0 Å². The fourth-order valence-corrected chi connectivity index (χ4v) is 3.06. The van der Waals surface area contributed by atoms with Crippen LogP contribution in [0.25, 0.3) is 0 Å². The molecule has 1 fully saturated rings. The predicted octanol–water partition coefficient (Wildman–Crippen LogP) is 2.42. The number of ether oxygens (including phenoxy) is 1. The van der Waals surface area contributed by atoms with E-state index in [0.29, 0.717) is 12.5 Å². The summed E-state index contributed by atoms with van der Waals surface area (Å²) in [5, 5.41) is 4.40. The van der Waals surface area contributed by atoms with Crippen molar-refractivity contribution in [3.8, 4) is 0 Å². The van der Waals surface area contributed by atoms with Gasteiger partial charge in [0.2, 0.25) is 0 Å². The van der Waals surface area contributed by atoms with Gasteiger partial charge >= 0.3 is 0 Å². The lowest BCUT2D eigenvalue weighted by Crippen LogP contribution is -2.43. The third-order valence-electron chi connectivity index (χ3n) is 4.17. The van der Waals surface area contributed by atoms with Crippen molar-refractivity contribution in [1.29, 1.82) is 0 Å². The molecule has 1 atom stereocenters. The number of amides is 1. The van der Waals surface area contributed by atoms with E-state index in [1.807, 2.05) is 24.9 Å². The van der Waals surface area contributed by atoms with Crippen LogP contribution in [-0.4, -0.2) is 46.4 Å². The molecule has 21 heavy (non-hydrogen) atoms. The molecule has 0 bridgehead atoms. The van der Waals surface area contributed by atoms with Crippen LogP contribution >= 0.6 is 0 Å². The molecule has 1 amide bonds. The van der Waals surface area contributed by atoms with Crippen LogP contribution in [0.2, 0.25) is 0 Å². The number of carbonyl (C=O) groups is 1. The van der Waals surface area contributed by atoms with Crippen LogP contribution in [0.15, 0.2) is 12.3 Å². The summed E-state index contributed by atoms with van der Waals surface area (Å²) in [7, 11) is 0. The maximum Gasteiger partial charge on any atom is 0.251 e. The zero-order valence-electron chi connectivity index (χ0n) is 13.4. The van der Waals surface area contributed by atoms with E-state index >= 15 is 0 Å². The molecule has 118 valence electrons. The number of nitrogens with zero attached hydrogens (tertiary/aromatic N) is 3. The molecule has 1 aliphatic heterocycles. The second-order valence-corrected chi connectivity index (χ2v) is 5.68. The van der Waals surface area contributed by atoms with Gasteiger partial charge in [0, 0.05) is 44.0 Å². The Morgan fingerprint density at radius 1 is 1.43 bits per heavy atom. The molecule has 1 unspecified atom stereocenters. The van der Waals surface area contributed by atoms with Crippen LogP contribution < -0.4 is 0 Å². The van der Waals surface area contributed by atoms with Gasteiger partial charge in [-0.2, -0.15) is 5.10 Å². The highest BCUT2D eigenvalue weighted by atomic mass is 16.5. The molecule has 0 aliphatic carbocycles. The number of rotatable bonds is 6. The van der Waals surface area contributed by atoms with E-state index in [9.17, 15) is 4.79 Å². The van der Waals surface area contributed by atoms with Gasteiger partial charge in [0.1, 0.15) is 6.10 Å². The topological polar surface area (TPSA) is 47.4 Å². The summed E-state index contributed by atoms with van der Waals surface area (Å²) in [4.78, 5) is 14.2. The molecule has 1 saturated heterocycles. The zero-order chi connectivity index (χ0) is 15.2. The Balaban J connectivity index is 1.91. The zero-order valence-corrected chi connectivity index (χ0v) is 13.4. The molecule has 5 nitrogen and oxygen atoms in total. The molecule has 0 N–H and O–H groups in total. The van der Waals surface area contributed by atoms with E-state index < -0.39 is 0 Å². The summed E-state index contributed by atoms with van der Waals surface area (Å²) in [6.07, 6.45) is 4.69. The third kappa shape index (κ3) is 3.84. The highest BCUT2D eigenvalue weighted by molar-refractivity contribution is 5.80. The molecular formula is C16H27N3O2. The Morgan fingerprint density at radius 2 is 2.14 bits per heavy atom. The molecule has 0 saturated carbocycles. The minimum atomic E-state index is -0.322. The second-order valence-electron chi connectivity index (χ2n) is 5.68. The lowest BCUT2D eigenvalue weighted by molar-refractivity contribution is -0.143. The van der Waals surface area contributed by atoms with Crippen molar-refractivity contribution < 1.29 is 9.53 Å². The Bertz CT molecular complexity index is 450. The molecule has 2 rings (SSSR count).